The molecular formula is C16H19ClN6O. The summed E-state index contributed by atoms with van der Waals surface area (Å²) in [5.41, 5.74) is 15.4. The highest BCUT2D eigenvalue weighted by molar-refractivity contribution is 6.31. The lowest BCUT2D eigenvalue weighted by Crippen LogP contribution is -2.23. The number of rotatable bonds is 4. The number of aromatic nitrogens is 2. The molecule has 1 aromatic heterocycles. The summed E-state index contributed by atoms with van der Waals surface area (Å²) < 4.78 is 5.21. The molecule has 1 aliphatic carbocycles. The highest BCUT2D eigenvalue weighted by Gasteiger charge is 2.30. The van der Waals surface area contributed by atoms with Gasteiger partial charge in [-0.05, 0) is 30.4 Å². The first kappa shape index (κ1) is 16.5. The van der Waals surface area contributed by atoms with E-state index in [0.717, 1.165) is 39.7 Å². The summed E-state index contributed by atoms with van der Waals surface area (Å²) >= 11 is 6.36. The Bertz CT molecular complexity index is 794. The number of methoxy groups -OCH3 is 1. The summed E-state index contributed by atoms with van der Waals surface area (Å²) in [6.07, 6.45) is 1.46. The fraction of sp³-hybridized carbons (Fsp3) is 0.312. The van der Waals surface area contributed by atoms with E-state index in [2.05, 4.69) is 20.4 Å². The van der Waals surface area contributed by atoms with Crippen molar-refractivity contribution >= 4 is 23.3 Å². The second kappa shape index (κ2) is 7.02. The van der Waals surface area contributed by atoms with Gasteiger partial charge in [-0.1, -0.05) is 29.8 Å². The van der Waals surface area contributed by atoms with E-state index in [9.17, 15) is 0 Å². The molecule has 3 rings (SSSR count). The number of hydrogen-bond acceptors (Lipinski definition) is 4. The molecule has 0 spiro atoms. The van der Waals surface area contributed by atoms with Gasteiger partial charge in [0.05, 0.1) is 18.0 Å². The molecule has 1 heterocycles. The molecule has 7 nitrogen and oxygen atoms in total. The first-order valence-corrected chi connectivity index (χ1v) is 7.93. The van der Waals surface area contributed by atoms with Gasteiger partial charge in [0.15, 0.2) is 0 Å². The van der Waals surface area contributed by atoms with Gasteiger partial charge in [-0.15, -0.1) is 5.10 Å². The number of aromatic amines is 1. The predicted molar refractivity (Wildman–Crippen MR) is 94.2 cm³/mol. The Balaban J connectivity index is 2.04. The van der Waals surface area contributed by atoms with Crippen molar-refractivity contribution in [1.82, 2.24) is 10.2 Å². The summed E-state index contributed by atoms with van der Waals surface area (Å²) in [5, 5.41) is 16.2. The molecule has 0 saturated carbocycles. The van der Waals surface area contributed by atoms with E-state index in [1.165, 1.54) is 0 Å². The zero-order chi connectivity index (χ0) is 17.1. The van der Waals surface area contributed by atoms with Gasteiger partial charge in [-0.3, -0.25) is 5.10 Å². The smallest absolute Gasteiger partial charge is 0.211 e. The molecule has 1 unspecified atom stereocenters. The van der Waals surface area contributed by atoms with Gasteiger partial charge in [-0.2, -0.15) is 10.2 Å². The van der Waals surface area contributed by atoms with Crippen molar-refractivity contribution in [3.63, 3.8) is 0 Å². The number of H-pyrrole nitrogens is 1. The molecule has 1 atom stereocenters. The minimum Gasteiger partial charge on any atom is -0.378 e. The van der Waals surface area contributed by atoms with Gasteiger partial charge in [0.2, 0.25) is 5.96 Å². The van der Waals surface area contributed by atoms with Crippen molar-refractivity contribution in [2.45, 2.75) is 25.4 Å². The molecule has 8 heteroatoms. The number of nitrogens with two attached hydrogens (primary N) is 2. The summed E-state index contributed by atoms with van der Waals surface area (Å²) in [4.78, 5) is 0. The average molecular weight is 347 g/mol. The molecule has 126 valence electrons. The Hall–Kier alpha value is -2.38. The van der Waals surface area contributed by atoms with E-state index >= 15 is 0 Å². The van der Waals surface area contributed by atoms with Crippen molar-refractivity contribution in [1.29, 1.82) is 0 Å². The quantitative estimate of drug-likeness (QED) is 0.445. The SMILES string of the molecule is COCc1n[nH]c2c1/C(=N\N=C(N)N)CC(c1ccccc1Cl)C2. The van der Waals surface area contributed by atoms with Crippen LogP contribution in [0.15, 0.2) is 34.5 Å². The fourth-order valence-electron chi connectivity index (χ4n) is 3.04. The Morgan fingerprint density at radius 2 is 2.17 bits per heavy atom. The zero-order valence-corrected chi connectivity index (χ0v) is 14.0. The Kier molecular flexibility index (Phi) is 4.82. The van der Waals surface area contributed by atoms with Gasteiger partial charge in [0, 0.05) is 23.4 Å². The third-order valence-corrected chi connectivity index (χ3v) is 4.35. The summed E-state index contributed by atoms with van der Waals surface area (Å²) in [5.74, 6) is 0.0932. The highest BCUT2D eigenvalue weighted by atomic mass is 35.5. The summed E-state index contributed by atoms with van der Waals surface area (Å²) in [6, 6.07) is 7.82. The van der Waals surface area contributed by atoms with Crippen molar-refractivity contribution in [3.05, 3.63) is 51.8 Å². The van der Waals surface area contributed by atoms with Crippen LogP contribution in [-0.2, 0) is 17.8 Å². The normalized spacial score (nSPS) is 18.4. The van der Waals surface area contributed by atoms with Crippen molar-refractivity contribution in [3.8, 4) is 0 Å². The van der Waals surface area contributed by atoms with Crippen molar-refractivity contribution < 1.29 is 4.74 Å². The minimum absolute atomic E-state index is 0.0827. The monoisotopic (exact) mass is 346 g/mol. The largest absolute Gasteiger partial charge is 0.378 e. The van der Waals surface area contributed by atoms with E-state index in [1.54, 1.807) is 7.11 Å². The number of halogens is 1. The van der Waals surface area contributed by atoms with Crippen LogP contribution in [0.2, 0.25) is 5.02 Å². The molecule has 5 N–H and O–H groups in total. The Morgan fingerprint density at radius 1 is 1.38 bits per heavy atom. The third-order valence-electron chi connectivity index (χ3n) is 4.01. The molecule has 1 aromatic carbocycles. The van der Waals surface area contributed by atoms with Crippen LogP contribution in [-0.4, -0.2) is 29.0 Å². The maximum atomic E-state index is 6.36. The van der Waals surface area contributed by atoms with E-state index in [-0.39, 0.29) is 11.9 Å². The van der Waals surface area contributed by atoms with Gasteiger partial charge < -0.3 is 16.2 Å². The second-order valence-corrected chi connectivity index (χ2v) is 6.06. The standard InChI is InChI=1S/C16H19ClN6O/c1-24-8-14-15-12(20-22-14)6-9(7-13(15)21-23-16(18)19)10-4-2-3-5-11(10)17/h2-5,9H,6-8H2,1H3,(H,20,22)(H4,18,19,23)/b21-13-. The van der Waals surface area contributed by atoms with Crippen LogP contribution in [0.5, 0.6) is 0 Å². The number of nitrogens with one attached hydrogen (secondary N) is 1. The maximum Gasteiger partial charge on any atom is 0.211 e. The first-order valence-electron chi connectivity index (χ1n) is 7.55. The zero-order valence-electron chi connectivity index (χ0n) is 13.3. The number of hydrogen-bond donors (Lipinski definition) is 3. The topological polar surface area (TPSA) is 115 Å². The van der Waals surface area contributed by atoms with Crippen LogP contribution in [0.4, 0.5) is 0 Å². The Labute approximate surface area is 144 Å². The summed E-state index contributed by atoms with van der Waals surface area (Å²) in [6.45, 7) is 0.392. The number of fused-ring (bicyclic) bond motifs is 1. The molecule has 24 heavy (non-hydrogen) atoms. The van der Waals surface area contributed by atoms with E-state index in [0.29, 0.717) is 13.0 Å². The van der Waals surface area contributed by atoms with Gasteiger partial charge >= 0.3 is 0 Å². The predicted octanol–water partition coefficient (Wildman–Crippen LogP) is 1.92. The van der Waals surface area contributed by atoms with Crippen molar-refractivity contribution in [2.75, 3.05) is 7.11 Å². The van der Waals surface area contributed by atoms with E-state index in [1.807, 2.05) is 24.3 Å². The van der Waals surface area contributed by atoms with Gasteiger partial charge in [0.1, 0.15) is 0 Å². The average Bonchev–Trinajstić information content (AvgIpc) is 2.96. The van der Waals surface area contributed by atoms with Gasteiger partial charge in [-0.25, -0.2) is 0 Å². The molecule has 0 saturated heterocycles. The van der Waals surface area contributed by atoms with E-state index < -0.39 is 0 Å². The molecule has 0 radical (unpaired) electrons. The first-order chi connectivity index (χ1) is 11.6. The number of nitrogens with zero attached hydrogens (tertiary/aromatic N) is 3. The summed E-state index contributed by atoms with van der Waals surface area (Å²) in [7, 11) is 1.63. The van der Waals surface area contributed by atoms with Gasteiger partial charge in [0.25, 0.3) is 0 Å². The Morgan fingerprint density at radius 3 is 2.88 bits per heavy atom. The fourth-order valence-corrected chi connectivity index (χ4v) is 3.33. The highest BCUT2D eigenvalue weighted by Crippen LogP contribution is 2.36. The van der Waals surface area contributed by atoms with Crippen LogP contribution in [0, 0.1) is 0 Å². The minimum atomic E-state index is -0.0827. The van der Waals surface area contributed by atoms with Crippen LogP contribution >= 0.6 is 11.6 Å². The lowest BCUT2D eigenvalue weighted by atomic mass is 9.81. The lowest BCUT2D eigenvalue weighted by Gasteiger charge is -2.24. The third kappa shape index (κ3) is 3.27. The molecule has 1 aliphatic rings. The van der Waals surface area contributed by atoms with Crippen LogP contribution in [0.25, 0.3) is 0 Å². The second-order valence-electron chi connectivity index (χ2n) is 5.66. The van der Waals surface area contributed by atoms with Crippen LogP contribution in [0.1, 0.15) is 34.9 Å². The molecular weight excluding hydrogens is 328 g/mol. The van der Waals surface area contributed by atoms with E-state index in [4.69, 9.17) is 27.8 Å². The molecule has 0 fully saturated rings. The van der Waals surface area contributed by atoms with Crippen LogP contribution in [0.3, 0.4) is 0 Å². The maximum absolute atomic E-state index is 6.36. The number of guanidine groups is 1. The molecule has 2 aromatic rings. The molecule has 0 amide bonds. The van der Waals surface area contributed by atoms with Crippen molar-refractivity contribution in [2.24, 2.45) is 21.7 Å². The molecule has 0 bridgehead atoms. The lowest BCUT2D eigenvalue weighted by molar-refractivity contribution is 0.181. The number of ether oxygens (including phenoxy) is 1. The van der Waals surface area contributed by atoms with Crippen LogP contribution < -0.4 is 11.5 Å². The number of benzene rings is 1. The molecule has 0 aliphatic heterocycles.